The van der Waals surface area contributed by atoms with Gasteiger partial charge in [0, 0.05) is 20.8 Å². The Hall–Kier alpha value is -5.19. The molecule has 0 aromatic heterocycles. The van der Waals surface area contributed by atoms with Crippen molar-refractivity contribution in [2.24, 2.45) is 0 Å². The number of aliphatic hydroxyl groups is 9. The Morgan fingerprint density at radius 2 is 0.882 bits per heavy atom. The van der Waals surface area contributed by atoms with Gasteiger partial charge in [-0.25, -0.2) is 0 Å². The first-order chi connectivity index (χ1) is 32.2. The minimum absolute atomic E-state index is 0.0862. The zero-order chi connectivity index (χ0) is 50.4. The number of phenols is 1. The molecular weight excluding hydrogens is 901 g/mol. The lowest BCUT2D eigenvalue weighted by molar-refractivity contribution is -0.244. The number of hydrogen-bond acceptors (Lipinski definition) is 20. The first kappa shape index (κ1) is 55.4. The van der Waals surface area contributed by atoms with Crippen LogP contribution in [-0.4, -0.2) is 192 Å². The summed E-state index contributed by atoms with van der Waals surface area (Å²) in [6, 6.07) is 16.8. The van der Waals surface area contributed by atoms with Crippen molar-refractivity contribution in [1.29, 1.82) is 0 Å². The summed E-state index contributed by atoms with van der Waals surface area (Å²) in [5.74, 6) is -0.438. The van der Waals surface area contributed by atoms with Crippen molar-refractivity contribution in [2.45, 2.75) is 126 Å². The second-order valence-electron chi connectivity index (χ2n) is 16.2. The zero-order valence-electron chi connectivity index (χ0n) is 37.9. The van der Waals surface area contributed by atoms with Crippen LogP contribution in [0.1, 0.15) is 26.3 Å². The van der Waals surface area contributed by atoms with Crippen LogP contribution in [0.4, 0.5) is 0 Å². The molecule has 24 heteroatoms. The van der Waals surface area contributed by atoms with Crippen LogP contribution >= 0.6 is 0 Å². The van der Waals surface area contributed by atoms with Gasteiger partial charge in [0.15, 0.2) is 11.5 Å². The molecule has 0 spiro atoms. The number of hydrogen-bond donors (Lipinski definition) is 14. The Labute approximate surface area is 391 Å². The van der Waals surface area contributed by atoms with Gasteiger partial charge in [0.2, 0.25) is 36.6 Å². The molecule has 3 aliphatic rings. The molecule has 0 bridgehead atoms. The predicted molar refractivity (Wildman–Crippen MR) is 237 cm³/mol. The summed E-state index contributed by atoms with van der Waals surface area (Å²) in [7, 11) is 0. The lowest BCUT2D eigenvalue weighted by Crippen LogP contribution is -2.65. The number of phenolic OH excluding ortho intramolecular Hbond substituents is 1. The maximum Gasteiger partial charge on any atom is 0.320 e. The molecular formula is C44H62BN3O20. The highest BCUT2D eigenvalue weighted by atomic mass is 16.7. The van der Waals surface area contributed by atoms with E-state index in [1.54, 1.807) is 55.4 Å². The number of benzene rings is 3. The van der Waals surface area contributed by atoms with Crippen molar-refractivity contribution < 1.29 is 98.9 Å². The van der Waals surface area contributed by atoms with E-state index in [9.17, 15) is 70.5 Å². The summed E-state index contributed by atoms with van der Waals surface area (Å²) in [5, 5.41) is 114. The third kappa shape index (κ3) is 15.2. The second kappa shape index (κ2) is 26.0. The number of carbonyl (C=O) groups excluding carboxylic acids is 3. The summed E-state index contributed by atoms with van der Waals surface area (Å²) in [4.78, 5) is 33.9. The van der Waals surface area contributed by atoms with E-state index in [-0.39, 0.29) is 17.4 Å². The maximum atomic E-state index is 11.3. The fraction of sp³-hybridized carbons (Fsp3) is 0.523. The summed E-state index contributed by atoms with van der Waals surface area (Å²) < 4.78 is 33.1. The maximum absolute atomic E-state index is 11.3. The molecule has 376 valence electrons. The molecule has 68 heavy (non-hydrogen) atoms. The molecule has 3 heterocycles. The van der Waals surface area contributed by atoms with E-state index in [2.05, 4.69) is 16.0 Å². The molecule has 3 aromatic carbocycles. The molecule has 23 nitrogen and oxygen atoms in total. The van der Waals surface area contributed by atoms with E-state index in [4.69, 9.17) is 28.4 Å². The van der Waals surface area contributed by atoms with Crippen molar-refractivity contribution in [1.82, 2.24) is 16.0 Å². The molecule has 3 aliphatic heterocycles. The molecule has 0 radical (unpaired) electrons. The van der Waals surface area contributed by atoms with Gasteiger partial charge in [0.25, 0.3) is 0 Å². The SMILES string of the molecule is CB(O)c1ccc(OC2OC(CO)C(O)C(O)[C@@H]2NC(C)=O)cc1.CC(=O)N[C@@H]1C(Oc2ccc(C)cc2)OC(CO)C(O)C1O.CC(=O)N[C@@H]1C(Oc2ccccc2O)OC(CO)C(O)C1O. The Morgan fingerprint density at radius 1 is 0.544 bits per heavy atom. The number of aromatic hydroxyl groups is 1. The van der Waals surface area contributed by atoms with Gasteiger partial charge in [-0.05, 0) is 48.8 Å². The summed E-state index contributed by atoms with van der Waals surface area (Å²) in [6.07, 6.45) is -14.5. The van der Waals surface area contributed by atoms with E-state index in [1.165, 1.54) is 32.9 Å². The van der Waals surface area contributed by atoms with Crippen LogP contribution in [-0.2, 0) is 28.6 Å². The van der Waals surface area contributed by atoms with E-state index in [0.29, 0.717) is 17.0 Å². The van der Waals surface area contributed by atoms with Crippen molar-refractivity contribution >= 4 is 30.1 Å². The number of ether oxygens (including phenoxy) is 6. The van der Waals surface area contributed by atoms with E-state index < -0.39 is 130 Å². The largest absolute Gasteiger partial charge is 0.504 e. The highest BCUT2D eigenvalue weighted by Gasteiger charge is 2.48. The van der Waals surface area contributed by atoms with Crippen molar-refractivity contribution in [3.05, 3.63) is 78.4 Å². The molecule has 3 amide bonds. The molecule has 6 rings (SSSR count). The summed E-state index contributed by atoms with van der Waals surface area (Å²) in [5.41, 5.74) is 1.76. The molecule has 0 saturated carbocycles. The van der Waals surface area contributed by atoms with Gasteiger partial charge in [-0.3, -0.25) is 14.4 Å². The molecule has 3 aromatic rings. The third-order valence-corrected chi connectivity index (χ3v) is 10.7. The van der Waals surface area contributed by atoms with E-state index in [1.807, 2.05) is 19.1 Å². The number of aliphatic hydroxyl groups excluding tert-OH is 9. The first-order valence-corrected chi connectivity index (χ1v) is 21.5. The highest BCUT2D eigenvalue weighted by molar-refractivity contribution is 6.64. The van der Waals surface area contributed by atoms with Crippen molar-refractivity contribution in [3.63, 3.8) is 0 Å². The fourth-order valence-corrected chi connectivity index (χ4v) is 7.10. The number of rotatable bonds is 13. The van der Waals surface area contributed by atoms with Crippen LogP contribution < -0.4 is 35.6 Å². The quantitative estimate of drug-likeness (QED) is 0.0723. The first-order valence-electron chi connectivity index (χ1n) is 21.5. The van der Waals surface area contributed by atoms with Crippen molar-refractivity contribution in [2.75, 3.05) is 19.8 Å². The van der Waals surface area contributed by atoms with Crippen LogP contribution in [0, 0.1) is 6.92 Å². The minimum atomic E-state index is -1.40. The van der Waals surface area contributed by atoms with Crippen LogP contribution in [0.2, 0.25) is 6.82 Å². The number of aryl methyl sites for hydroxylation is 1. The standard InChI is InChI=1S/C15H22BNO7.C15H21NO6.C14H19NO7/c1-8(19)17-12-14(21)13(20)11(7-18)24-15(12)23-10-5-3-9(4-6-10)16(2)22;1-8-3-5-10(6-4-8)21-15-12(16-9(2)18)14(20)13(19)11(7-17)22-15;1-7(17)15-11-13(20)12(19)10(6-16)22-14(11)21-9-5-3-2-4-8(9)18/h3-6,11-15,18,20-22H,7H2,1-2H3,(H,17,19);3-6,11-15,17,19-20H,7H2,1-2H3,(H,16,18);2-5,10-14,16,18-20H,6H2,1H3,(H,15,17)/t2*11?,12-,13?,14?,15?;10?,11-,12?,13?,14?/m000/s1. The molecule has 12 unspecified atom stereocenters. The van der Waals surface area contributed by atoms with E-state index in [0.717, 1.165) is 5.56 Å². The zero-order valence-corrected chi connectivity index (χ0v) is 37.9. The van der Waals surface area contributed by atoms with Gasteiger partial charge in [-0.2, -0.15) is 0 Å². The third-order valence-electron chi connectivity index (χ3n) is 10.7. The van der Waals surface area contributed by atoms with Gasteiger partial charge in [-0.15, -0.1) is 0 Å². The fourth-order valence-electron chi connectivity index (χ4n) is 7.10. The van der Waals surface area contributed by atoms with Crippen LogP contribution in [0.5, 0.6) is 23.0 Å². The minimum Gasteiger partial charge on any atom is -0.504 e. The van der Waals surface area contributed by atoms with Crippen LogP contribution in [0.15, 0.2) is 72.8 Å². The van der Waals surface area contributed by atoms with Crippen molar-refractivity contribution in [3.8, 4) is 23.0 Å². The predicted octanol–water partition coefficient (Wildman–Crippen LogP) is -4.14. The monoisotopic (exact) mass is 963 g/mol. The Bertz CT molecular complexity index is 2040. The van der Waals surface area contributed by atoms with Gasteiger partial charge in [0.05, 0.1) is 19.8 Å². The van der Waals surface area contributed by atoms with Gasteiger partial charge >= 0.3 is 6.92 Å². The Morgan fingerprint density at radius 3 is 1.21 bits per heavy atom. The van der Waals surface area contributed by atoms with Gasteiger partial charge in [0.1, 0.15) is 84.6 Å². The lowest BCUT2D eigenvalue weighted by Gasteiger charge is -2.42. The Kier molecular flexibility index (Phi) is 21.2. The summed E-state index contributed by atoms with van der Waals surface area (Å²) in [6.45, 7) is 5.24. The average molecular weight is 964 g/mol. The Balaban J connectivity index is 0.000000223. The van der Waals surface area contributed by atoms with Gasteiger partial charge in [-0.1, -0.05) is 48.8 Å². The normalized spacial score (nSPS) is 31.0. The molecule has 14 N–H and O–H groups in total. The topological polar surface area (TPSA) is 365 Å². The number of amides is 3. The average Bonchev–Trinajstić information content (AvgIpc) is 3.30. The smallest absolute Gasteiger partial charge is 0.320 e. The highest BCUT2D eigenvalue weighted by Crippen LogP contribution is 2.30. The molecule has 3 saturated heterocycles. The number of para-hydroxylation sites is 2. The number of nitrogens with one attached hydrogen (secondary N) is 3. The molecule has 15 atom stereocenters. The van der Waals surface area contributed by atoms with Gasteiger partial charge < -0.3 is 100 Å². The van der Waals surface area contributed by atoms with E-state index >= 15 is 0 Å². The molecule has 3 fully saturated rings. The second-order valence-corrected chi connectivity index (χ2v) is 16.2. The summed E-state index contributed by atoms with van der Waals surface area (Å²) >= 11 is 0. The lowest BCUT2D eigenvalue weighted by atomic mass is 9.64. The van der Waals surface area contributed by atoms with Crippen LogP contribution in [0.3, 0.4) is 0 Å². The molecule has 0 aliphatic carbocycles. The number of carbonyl (C=O) groups is 3. The van der Waals surface area contributed by atoms with Crippen LogP contribution in [0.25, 0.3) is 0 Å².